The lowest BCUT2D eigenvalue weighted by Crippen LogP contribution is -2.16. The summed E-state index contributed by atoms with van der Waals surface area (Å²) in [5.74, 6) is -1.65. The molecule has 0 bridgehead atoms. The van der Waals surface area contributed by atoms with Gasteiger partial charge in [-0.2, -0.15) is 0 Å². The number of para-hydroxylation sites is 1. The molecule has 9 heteroatoms. The van der Waals surface area contributed by atoms with E-state index in [4.69, 9.17) is 5.73 Å². The predicted molar refractivity (Wildman–Crippen MR) is 74.6 cm³/mol. The average molecular weight is 313 g/mol. The van der Waals surface area contributed by atoms with Gasteiger partial charge in [-0.3, -0.25) is 4.79 Å². The van der Waals surface area contributed by atoms with Crippen LogP contribution in [0.4, 0.5) is 14.5 Å². The highest BCUT2D eigenvalue weighted by Crippen LogP contribution is 2.20. The number of nitrogens with one attached hydrogen (secondary N) is 1. The number of aromatic nitrogens is 3. The smallest absolute Gasteiger partial charge is 0.235 e. The zero-order chi connectivity index (χ0) is 15.4. The van der Waals surface area contributed by atoms with Crippen molar-refractivity contribution in [1.82, 2.24) is 14.8 Å². The van der Waals surface area contributed by atoms with E-state index in [9.17, 15) is 13.6 Å². The number of hydrogen-bond donors (Lipinski definition) is 2. The largest absolute Gasteiger partial charge is 0.324 e. The summed E-state index contributed by atoms with van der Waals surface area (Å²) in [5, 5.41) is 10.4. The first kappa shape index (κ1) is 15.4. The van der Waals surface area contributed by atoms with Crippen molar-refractivity contribution in [3.63, 3.8) is 0 Å². The molecule has 0 fully saturated rings. The topological polar surface area (TPSA) is 85.8 Å². The number of nitrogens with two attached hydrogens (primary N) is 1. The maximum absolute atomic E-state index is 13.4. The molecule has 6 nitrogen and oxygen atoms in total. The van der Waals surface area contributed by atoms with Crippen LogP contribution in [-0.4, -0.2) is 26.4 Å². The maximum Gasteiger partial charge on any atom is 0.235 e. The normalized spacial score (nSPS) is 10.7. The summed E-state index contributed by atoms with van der Waals surface area (Å²) in [4.78, 5) is 11.7. The highest BCUT2D eigenvalue weighted by Gasteiger charge is 2.14. The van der Waals surface area contributed by atoms with Gasteiger partial charge < -0.3 is 15.6 Å². The standard InChI is InChI=1S/C12H13F2N5OS/c1-19-9(5-15)17-18-12(19)21-6-10(20)16-11-7(13)3-2-4-8(11)14/h2-4H,5-6,15H2,1H3,(H,16,20). The van der Waals surface area contributed by atoms with E-state index in [2.05, 4.69) is 15.5 Å². The summed E-state index contributed by atoms with van der Waals surface area (Å²) in [7, 11) is 1.72. The van der Waals surface area contributed by atoms with Gasteiger partial charge in [-0.1, -0.05) is 17.8 Å². The van der Waals surface area contributed by atoms with Crippen molar-refractivity contribution in [2.45, 2.75) is 11.7 Å². The molecular formula is C12H13F2N5OS. The molecule has 0 spiro atoms. The Balaban J connectivity index is 1.98. The molecule has 1 aromatic carbocycles. The minimum Gasteiger partial charge on any atom is -0.324 e. The number of hydrogen-bond acceptors (Lipinski definition) is 5. The van der Waals surface area contributed by atoms with Crippen LogP contribution in [0, 0.1) is 11.6 Å². The van der Waals surface area contributed by atoms with Crippen LogP contribution < -0.4 is 11.1 Å². The van der Waals surface area contributed by atoms with Crippen LogP contribution in [0.5, 0.6) is 0 Å². The number of amides is 1. The Labute approximate surface area is 123 Å². The molecule has 0 atom stereocenters. The quantitative estimate of drug-likeness (QED) is 0.812. The minimum atomic E-state index is -0.822. The van der Waals surface area contributed by atoms with Gasteiger partial charge in [0, 0.05) is 7.05 Å². The molecule has 1 heterocycles. The van der Waals surface area contributed by atoms with E-state index in [0.717, 1.165) is 23.9 Å². The van der Waals surface area contributed by atoms with Gasteiger partial charge in [0.2, 0.25) is 5.91 Å². The maximum atomic E-state index is 13.4. The second-order valence-electron chi connectivity index (χ2n) is 4.10. The monoisotopic (exact) mass is 313 g/mol. The molecule has 0 aliphatic heterocycles. The van der Waals surface area contributed by atoms with Gasteiger partial charge in [0.05, 0.1) is 12.3 Å². The van der Waals surface area contributed by atoms with Gasteiger partial charge in [0.1, 0.15) is 23.1 Å². The molecule has 112 valence electrons. The van der Waals surface area contributed by atoms with Crippen LogP contribution in [0.25, 0.3) is 0 Å². The molecule has 0 saturated carbocycles. The third-order valence-corrected chi connectivity index (χ3v) is 3.69. The number of benzene rings is 1. The molecule has 2 aromatic rings. The molecule has 2 rings (SSSR count). The second kappa shape index (κ2) is 6.64. The van der Waals surface area contributed by atoms with Gasteiger partial charge in [0.15, 0.2) is 5.16 Å². The first-order valence-corrected chi connectivity index (χ1v) is 6.96. The number of carbonyl (C=O) groups excluding carboxylic acids is 1. The van der Waals surface area contributed by atoms with Crippen molar-refractivity contribution in [3.8, 4) is 0 Å². The number of rotatable bonds is 5. The Morgan fingerprint density at radius 1 is 1.38 bits per heavy atom. The lowest BCUT2D eigenvalue weighted by Gasteiger charge is -2.07. The lowest BCUT2D eigenvalue weighted by molar-refractivity contribution is -0.113. The van der Waals surface area contributed by atoms with Crippen LogP contribution in [-0.2, 0) is 18.4 Å². The van der Waals surface area contributed by atoms with Crippen molar-refractivity contribution in [2.24, 2.45) is 12.8 Å². The van der Waals surface area contributed by atoms with Crippen molar-refractivity contribution in [2.75, 3.05) is 11.1 Å². The third-order valence-electron chi connectivity index (χ3n) is 2.67. The molecule has 1 amide bonds. The molecule has 0 aliphatic carbocycles. The fraction of sp³-hybridized carbons (Fsp3) is 0.250. The first-order chi connectivity index (χ1) is 10.0. The number of nitrogens with zero attached hydrogens (tertiary/aromatic N) is 3. The zero-order valence-corrected chi connectivity index (χ0v) is 12.0. The van der Waals surface area contributed by atoms with E-state index in [1.807, 2.05) is 0 Å². The molecule has 0 saturated heterocycles. The van der Waals surface area contributed by atoms with Crippen molar-refractivity contribution < 1.29 is 13.6 Å². The molecule has 0 unspecified atom stereocenters. The predicted octanol–water partition coefficient (Wildman–Crippen LogP) is 1.28. The molecule has 3 N–H and O–H groups in total. The summed E-state index contributed by atoms with van der Waals surface area (Å²) >= 11 is 1.10. The Morgan fingerprint density at radius 3 is 2.62 bits per heavy atom. The fourth-order valence-electron chi connectivity index (χ4n) is 1.57. The molecule has 1 aromatic heterocycles. The number of halogens is 2. The van der Waals surface area contributed by atoms with Crippen LogP contribution in [0.1, 0.15) is 5.82 Å². The third kappa shape index (κ3) is 3.56. The summed E-state index contributed by atoms with van der Waals surface area (Å²) in [6, 6.07) is 3.37. The van der Waals surface area contributed by atoms with Gasteiger partial charge in [-0.25, -0.2) is 8.78 Å². The van der Waals surface area contributed by atoms with Crippen LogP contribution >= 0.6 is 11.8 Å². The van der Waals surface area contributed by atoms with Gasteiger partial charge in [-0.05, 0) is 12.1 Å². The summed E-state index contributed by atoms with van der Waals surface area (Å²) < 4.78 is 28.4. The van der Waals surface area contributed by atoms with Crippen LogP contribution in [0.3, 0.4) is 0 Å². The van der Waals surface area contributed by atoms with E-state index >= 15 is 0 Å². The highest BCUT2D eigenvalue weighted by atomic mass is 32.2. The summed E-state index contributed by atoms with van der Waals surface area (Å²) in [6.45, 7) is 0.233. The van der Waals surface area contributed by atoms with Crippen molar-refractivity contribution in [3.05, 3.63) is 35.7 Å². The second-order valence-corrected chi connectivity index (χ2v) is 5.04. The van der Waals surface area contributed by atoms with Crippen LogP contribution in [0.2, 0.25) is 0 Å². The van der Waals surface area contributed by atoms with E-state index in [1.165, 1.54) is 6.07 Å². The Morgan fingerprint density at radius 2 is 2.05 bits per heavy atom. The Bertz CT molecular complexity index is 641. The minimum absolute atomic E-state index is 0.0513. The van der Waals surface area contributed by atoms with Crippen molar-refractivity contribution >= 4 is 23.4 Å². The molecule has 21 heavy (non-hydrogen) atoms. The molecule has 0 aliphatic rings. The first-order valence-electron chi connectivity index (χ1n) is 5.98. The van der Waals surface area contributed by atoms with Gasteiger partial charge in [-0.15, -0.1) is 10.2 Å². The average Bonchev–Trinajstić information content (AvgIpc) is 2.81. The Hall–Kier alpha value is -2.00. The summed E-state index contributed by atoms with van der Waals surface area (Å²) in [6.07, 6.45) is 0. The highest BCUT2D eigenvalue weighted by molar-refractivity contribution is 7.99. The SMILES string of the molecule is Cn1c(CN)nnc1SCC(=O)Nc1c(F)cccc1F. The van der Waals surface area contributed by atoms with Gasteiger partial charge >= 0.3 is 0 Å². The van der Waals surface area contributed by atoms with Crippen molar-refractivity contribution in [1.29, 1.82) is 0 Å². The molecule has 0 radical (unpaired) electrons. The number of carbonyl (C=O) groups is 1. The number of anilines is 1. The lowest BCUT2D eigenvalue weighted by atomic mass is 10.3. The number of thioether (sulfide) groups is 1. The van der Waals surface area contributed by atoms with Crippen LogP contribution in [0.15, 0.2) is 23.4 Å². The Kier molecular flexibility index (Phi) is 4.86. The van der Waals surface area contributed by atoms with E-state index in [0.29, 0.717) is 11.0 Å². The summed E-state index contributed by atoms with van der Waals surface area (Å²) in [5.41, 5.74) is 5.01. The van der Waals surface area contributed by atoms with Gasteiger partial charge in [0.25, 0.3) is 0 Å². The van der Waals surface area contributed by atoms with E-state index in [1.54, 1.807) is 11.6 Å². The fourth-order valence-corrected chi connectivity index (χ4v) is 2.30. The van der Waals surface area contributed by atoms with E-state index in [-0.39, 0.29) is 12.3 Å². The zero-order valence-electron chi connectivity index (χ0n) is 11.1. The molecular weight excluding hydrogens is 300 g/mol. The van der Waals surface area contributed by atoms with E-state index < -0.39 is 23.2 Å².